The first-order valence-corrected chi connectivity index (χ1v) is 5.89. The third kappa shape index (κ3) is 2.26. The van der Waals surface area contributed by atoms with Crippen LogP contribution < -0.4 is 34.9 Å². The Labute approximate surface area is 138 Å². The summed E-state index contributed by atoms with van der Waals surface area (Å²) in [5, 5.41) is 2.20. The van der Waals surface area contributed by atoms with Crippen LogP contribution in [0, 0.1) is 0 Å². The van der Waals surface area contributed by atoms with Crippen molar-refractivity contribution in [2.75, 3.05) is 0 Å². The summed E-state index contributed by atoms with van der Waals surface area (Å²) in [5.41, 5.74) is -0.131. The summed E-state index contributed by atoms with van der Waals surface area (Å²) < 4.78 is 5.33. The summed E-state index contributed by atoms with van der Waals surface area (Å²) in [7, 11) is 0. The minimum atomic E-state index is -1.39. The quantitative estimate of drug-likeness (QED) is 0.731. The van der Waals surface area contributed by atoms with Crippen molar-refractivity contribution in [1.29, 1.82) is 0 Å². The molecule has 1 fully saturated rings. The maximum Gasteiger partial charge on any atom is 1.00 e. The zero-order chi connectivity index (χ0) is 13.3. The summed E-state index contributed by atoms with van der Waals surface area (Å²) in [6.07, 6.45) is -0.724. The van der Waals surface area contributed by atoms with Crippen molar-refractivity contribution in [2.24, 2.45) is 0 Å². The number of ether oxygens (including phenoxy) is 1. The van der Waals surface area contributed by atoms with E-state index in [9.17, 15) is 9.59 Å². The van der Waals surface area contributed by atoms with E-state index in [1.54, 1.807) is 48.5 Å². The summed E-state index contributed by atoms with van der Waals surface area (Å²) in [4.78, 5) is 23.7. The first kappa shape index (κ1) is 14.8. The van der Waals surface area contributed by atoms with E-state index in [-0.39, 0.29) is 29.6 Å². The molecule has 2 aromatic rings. The molecule has 1 N–H and O–H groups in total. The predicted octanol–water partition coefficient (Wildman–Crippen LogP) is -0.799. The molecule has 5 heteroatoms. The Hall–Kier alpha value is -1.62. The van der Waals surface area contributed by atoms with Crippen LogP contribution in [0.4, 0.5) is 4.79 Å². The van der Waals surface area contributed by atoms with Crippen molar-refractivity contribution >= 4 is 12.0 Å². The second-order valence-electron chi connectivity index (χ2n) is 4.26. The molecule has 2 aromatic carbocycles. The van der Waals surface area contributed by atoms with Crippen LogP contribution in [0.3, 0.4) is 0 Å². The minimum absolute atomic E-state index is 0. The van der Waals surface area contributed by atoms with Crippen molar-refractivity contribution in [1.82, 2.24) is 5.32 Å². The number of alkyl carbamates (subject to hydrolysis) is 1. The molecule has 0 saturated carbocycles. The topological polar surface area (TPSA) is 55.4 Å². The van der Waals surface area contributed by atoms with Crippen LogP contribution in [0.2, 0.25) is 0 Å². The summed E-state index contributed by atoms with van der Waals surface area (Å²) in [6, 6.07) is 18.0. The van der Waals surface area contributed by atoms with Gasteiger partial charge in [-0.25, -0.2) is 4.79 Å². The van der Waals surface area contributed by atoms with Crippen molar-refractivity contribution in [3.05, 3.63) is 71.8 Å². The largest absolute Gasteiger partial charge is 1.00 e. The molecule has 94 valence electrons. The standard InChI is InChI=1S/C15H11NO3.Na/c17-13-15(19-14(18)16-13,11-7-3-1-4-8-11)12-9-5-2-6-10-12;/h1-10H,(H,16,17,18);/q;+1. The summed E-state index contributed by atoms with van der Waals surface area (Å²) in [5.74, 6) is -0.463. The van der Waals surface area contributed by atoms with E-state index in [0.29, 0.717) is 11.1 Å². The van der Waals surface area contributed by atoms with E-state index in [4.69, 9.17) is 4.74 Å². The maximum absolute atomic E-state index is 12.3. The fourth-order valence-electron chi connectivity index (χ4n) is 2.28. The van der Waals surface area contributed by atoms with Gasteiger partial charge in [0.15, 0.2) is 0 Å². The van der Waals surface area contributed by atoms with Crippen LogP contribution in [-0.4, -0.2) is 12.0 Å². The van der Waals surface area contributed by atoms with Crippen LogP contribution >= 0.6 is 0 Å². The van der Waals surface area contributed by atoms with Crippen molar-refractivity contribution in [2.45, 2.75) is 5.60 Å². The average molecular weight is 276 g/mol. The van der Waals surface area contributed by atoms with Gasteiger partial charge in [-0.15, -0.1) is 0 Å². The molecule has 0 spiro atoms. The monoisotopic (exact) mass is 276 g/mol. The number of nitrogens with one attached hydrogen (secondary N) is 1. The average Bonchev–Trinajstić information content (AvgIpc) is 2.76. The Bertz CT molecular complexity index is 589. The molecule has 0 aromatic heterocycles. The van der Waals surface area contributed by atoms with Gasteiger partial charge in [0.1, 0.15) is 0 Å². The predicted molar refractivity (Wildman–Crippen MR) is 68.3 cm³/mol. The fourth-order valence-corrected chi connectivity index (χ4v) is 2.28. The first-order valence-electron chi connectivity index (χ1n) is 5.89. The molecule has 1 heterocycles. The number of rotatable bonds is 2. The Morgan fingerprint density at radius 1 is 0.800 bits per heavy atom. The Balaban J connectivity index is 0.00000147. The number of hydrogen-bond donors (Lipinski definition) is 1. The molecule has 1 aliphatic rings. The molecule has 2 amide bonds. The van der Waals surface area contributed by atoms with Crippen LogP contribution in [0.25, 0.3) is 0 Å². The maximum atomic E-state index is 12.3. The van der Waals surface area contributed by atoms with Crippen LogP contribution in [0.5, 0.6) is 0 Å². The van der Waals surface area contributed by atoms with Gasteiger partial charge in [0.25, 0.3) is 5.91 Å². The number of benzene rings is 2. The number of hydrogen-bond acceptors (Lipinski definition) is 3. The summed E-state index contributed by atoms with van der Waals surface area (Å²) >= 11 is 0. The molecule has 0 radical (unpaired) electrons. The molecule has 0 bridgehead atoms. The Morgan fingerprint density at radius 2 is 1.25 bits per heavy atom. The number of carbonyl (C=O) groups excluding carboxylic acids is 2. The fraction of sp³-hybridized carbons (Fsp3) is 0.0667. The van der Waals surface area contributed by atoms with Crippen molar-refractivity contribution < 1.29 is 43.9 Å². The van der Waals surface area contributed by atoms with Gasteiger partial charge in [0, 0.05) is 11.1 Å². The Morgan fingerprint density at radius 3 is 1.60 bits per heavy atom. The van der Waals surface area contributed by atoms with E-state index in [0.717, 1.165) is 0 Å². The van der Waals surface area contributed by atoms with Gasteiger partial charge in [0.2, 0.25) is 5.60 Å². The second kappa shape index (κ2) is 5.79. The van der Waals surface area contributed by atoms with Gasteiger partial charge in [-0.3, -0.25) is 10.1 Å². The van der Waals surface area contributed by atoms with E-state index in [1.807, 2.05) is 12.1 Å². The van der Waals surface area contributed by atoms with Crippen molar-refractivity contribution in [3.8, 4) is 0 Å². The van der Waals surface area contributed by atoms with E-state index >= 15 is 0 Å². The number of carbonyl (C=O) groups is 2. The SMILES string of the molecule is O=C1NC(=O)C(c2ccccc2)(c2ccccc2)O1.[Na+]. The number of imide groups is 1. The molecule has 0 atom stereocenters. The number of amides is 2. The molecule has 0 aliphatic carbocycles. The minimum Gasteiger partial charge on any atom is -0.422 e. The van der Waals surface area contributed by atoms with E-state index in [1.165, 1.54) is 0 Å². The number of cyclic esters (lactones) is 1. The first-order chi connectivity index (χ1) is 9.23. The molecule has 0 unspecified atom stereocenters. The van der Waals surface area contributed by atoms with Gasteiger partial charge in [-0.2, -0.15) is 0 Å². The van der Waals surface area contributed by atoms with Gasteiger partial charge in [0.05, 0.1) is 0 Å². The molecular formula is C15H11NNaO3+. The molecular weight excluding hydrogens is 265 g/mol. The van der Waals surface area contributed by atoms with E-state index < -0.39 is 17.6 Å². The van der Waals surface area contributed by atoms with Crippen LogP contribution in [0.15, 0.2) is 60.7 Å². The summed E-state index contributed by atoms with van der Waals surface area (Å²) in [6.45, 7) is 0. The van der Waals surface area contributed by atoms with Gasteiger partial charge >= 0.3 is 35.7 Å². The van der Waals surface area contributed by atoms with E-state index in [2.05, 4.69) is 5.32 Å². The molecule has 1 aliphatic heterocycles. The smallest absolute Gasteiger partial charge is 0.422 e. The zero-order valence-corrected chi connectivity index (χ0v) is 13.0. The zero-order valence-electron chi connectivity index (χ0n) is 11.0. The molecule has 3 rings (SSSR count). The third-order valence-electron chi connectivity index (χ3n) is 3.14. The normalized spacial score (nSPS) is 16.0. The molecule has 4 nitrogen and oxygen atoms in total. The van der Waals surface area contributed by atoms with Gasteiger partial charge in [-0.05, 0) is 0 Å². The van der Waals surface area contributed by atoms with Crippen molar-refractivity contribution in [3.63, 3.8) is 0 Å². The second-order valence-corrected chi connectivity index (χ2v) is 4.26. The Kier molecular flexibility index (Phi) is 4.28. The third-order valence-corrected chi connectivity index (χ3v) is 3.14. The molecule has 20 heavy (non-hydrogen) atoms. The van der Waals surface area contributed by atoms with Crippen LogP contribution in [-0.2, 0) is 15.1 Å². The van der Waals surface area contributed by atoms with Gasteiger partial charge < -0.3 is 4.74 Å². The van der Waals surface area contributed by atoms with Crippen LogP contribution in [0.1, 0.15) is 11.1 Å². The molecule has 1 saturated heterocycles. The van der Waals surface area contributed by atoms with Gasteiger partial charge in [-0.1, -0.05) is 60.7 Å².